The number of esters is 2. The molecule has 0 atom stereocenters. The van der Waals surface area contributed by atoms with E-state index in [1.807, 2.05) is 0 Å². The van der Waals surface area contributed by atoms with Gasteiger partial charge in [-0.05, 0) is 35.9 Å². The van der Waals surface area contributed by atoms with Crippen molar-refractivity contribution in [1.82, 2.24) is 0 Å². The number of ether oxygens (including phenoxy) is 5. The second kappa shape index (κ2) is 8.47. The van der Waals surface area contributed by atoms with Crippen LogP contribution in [0.4, 0.5) is 0 Å². The minimum Gasteiger partial charge on any atom is -0.493 e. The number of carbonyl (C=O) groups is 2. The monoisotopic (exact) mass is 397 g/mol. The van der Waals surface area contributed by atoms with Crippen molar-refractivity contribution in [2.45, 2.75) is 6.92 Å². The molecular formula is C21H19NO7. The van der Waals surface area contributed by atoms with Gasteiger partial charge in [0.1, 0.15) is 5.75 Å². The molecule has 8 heteroatoms. The molecule has 3 rings (SSSR count). The second-order valence-electron chi connectivity index (χ2n) is 5.92. The van der Waals surface area contributed by atoms with Gasteiger partial charge in [-0.15, -0.1) is 0 Å². The molecule has 0 aliphatic carbocycles. The number of cyclic esters (lactones) is 1. The van der Waals surface area contributed by atoms with Gasteiger partial charge in [0, 0.05) is 12.5 Å². The van der Waals surface area contributed by atoms with Crippen molar-refractivity contribution in [3.05, 3.63) is 53.2 Å². The van der Waals surface area contributed by atoms with E-state index in [9.17, 15) is 9.59 Å². The topological polar surface area (TPSA) is 92.7 Å². The van der Waals surface area contributed by atoms with E-state index in [1.165, 1.54) is 28.3 Å². The van der Waals surface area contributed by atoms with Crippen LogP contribution in [0.2, 0.25) is 0 Å². The van der Waals surface area contributed by atoms with E-state index >= 15 is 0 Å². The Morgan fingerprint density at radius 3 is 2.31 bits per heavy atom. The fourth-order valence-electron chi connectivity index (χ4n) is 2.73. The zero-order chi connectivity index (χ0) is 21.0. The van der Waals surface area contributed by atoms with E-state index in [0.717, 1.165) is 0 Å². The van der Waals surface area contributed by atoms with Gasteiger partial charge in [-0.3, -0.25) is 4.79 Å². The molecule has 1 aliphatic rings. The molecule has 0 saturated carbocycles. The number of carbonyl (C=O) groups excluding carboxylic acids is 2. The summed E-state index contributed by atoms with van der Waals surface area (Å²) >= 11 is 0. The van der Waals surface area contributed by atoms with Gasteiger partial charge in [0.2, 0.25) is 11.6 Å². The third-order valence-electron chi connectivity index (χ3n) is 3.96. The molecule has 0 amide bonds. The van der Waals surface area contributed by atoms with Crippen molar-refractivity contribution in [3.63, 3.8) is 0 Å². The van der Waals surface area contributed by atoms with E-state index in [4.69, 9.17) is 23.7 Å². The first-order valence-corrected chi connectivity index (χ1v) is 8.56. The van der Waals surface area contributed by atoms with Crippen molar-refractivity contribution < 1.29 is 33.3 Å². The van der Waals surface area contributed by atoms with E-state index in [2.05, 4.69) is 4.99 Å². The Morgan fingerprint density at radius 2 is 1.72 bits per heavy atom. The van der Waals surface area contributed by atoms with E-state index < -0.39 is 11.9 Å². The van der Waals surface area contributed by atoms with Crippen LogP contribution < -0.4 is 18.9 Å². The average Bonchev–Trinajstić information content (AvgIpc) is 3.06. The summed E-state index contributed by atoms with van der Waals surface area (Å²) in [6.45, 7) is 1.31. The zero-order valence-corrected chi connectivity index (χ0v) is 16.3. The summed E-state index contributed by atoms with van der Waals surface area (Å²) in [7, 11) is 4.48. The fourth-order valence-corrected chi connectivity index (χ4v) is 2.73. The number of rotatable bonds is 6. The number of benzene rings is 2. The van der Waals surface area contributed by atoms with Gasteiger partial charge in [-0.25, -0.2) is 9.79 Å². The highest BCUT2D eigenvalue weighted by Gasteiger charge is 2.26. The van der Waals surface area contributed by atoms with Crippen LogP contribution in [-0.4, -0.2) is 39.2 Å². The summed E-state index contributed by atoms with van der Waals surface area (Å²) in [5.74, 6) is 0.675. The molecule has 29 heavy (non-hydrogen) atoms. The van der Waals surface area contributed by atoms with Crippen LogP contribution in [0.25, 0.3) is 6.08 Å². The lowest BCUT2D eigenvalue weighted by molar-refractivity contribution is -0.132. The van der Waals surface area contributed by atoms with Crippen LogP contribution in [0.5, 0.6) is 23.0 Å². The van der Waals surface area contributed by atoms with Gasteiger partial charge in [0.05, 0.1) is 21.3 Å². The van der Waals surface area contributed by atoms with E-state index in [1.54, 1.807) is 42.5 Å². The lowest BCUT2D eigenvalue weighted by Gasteiger charge is -2.13. The Balaban J connectivity index is 1.96. The Labute approximate surface area is 167 Å². The lowest BCUT2D eigenvalue weighted by Crippen LogP contribution is -2.07. The molecule has 0 aromatic heterocycles. The SMILES string of the molecule is COc1cc(C2=N/C(=C\c3cccc(OC(C)=O)c3)C(=O)O2)cc(OC)c1OC. The Kier molecular flexibility index (Phi) is 5.82. The molecule has 1 aliphatic heterocycles. The van der Waals surface area contributed by atoms with Crippen molar-refractivity contribution in [2.75, 3.05) is 21.3 Å². The highest BCUT2D eigenvalue weighted by atomic mass is 16.6. The second-order valence-corrected chi connectivity index (χ2v) is 5.92. The molecule has 2 aromatic rings. The molecule has 0 fully saturated rings. The van der Waals surface area contributed by atoms with Crippen LogP contribution in [0.3, 0.4) is 0 Å². The van der Waals surface area contributed by atoms with Crippen LogP contribution in [0, 0.1) is 0 Å². The first-order chi connectivity index (χ1) is 13.9. The van der Waals surface area contributed by atoms with Crippen LogP contribution in [0.1, 0.15) is 18.1 Å². The van der Waals surface area contributed by atoms with Gasteiger partial charge in [0.15, 0.2) is 17.2 Å². The summed E-state index contributed by atoms with van der Waals surface area (Å²) in [6.07, 6.45) is 1.54. The minimum atomic E-state index is -0.605. The molecule has 8 nitrogen and oxygen atoms in total. The summed E-state index contributed by atoms with van der Waals surface area (Å²) in [5.41, 5.74) is 1.23. The first kappa shape index (κ1) is 19.9. The summed E-state index contributed by atoms with van der Waals surface area (Å²) in [5, 5.41) is 0. The minimum absolute atomic E-state index is 0.105. The molecule has 0 saturated heterocycles. The molecule has 0 unspecified atom stereocenters. The van der Waals surface area contributed by atoms with Crippen LogP contribution in [-0.2, 0) is 14.3 Å². The number of methoxy groups -OCH3 is 3. The predicted octanol–water partition coefficient (Wildman–Crippen LogP) is 2.98. The molecule has 150 valence electrons. The Bertz CT molecular complexity index is 998. The normalized spacial score (nSPS) is 14.3. The Morgan fingerprint density at radius 1 is 1.03 bits per heavy atom. The van der Waals surface area contributed by atoms with Gasteiger partial charge in [-0.2, -0.15) is 0 Å². The number of nitrogens with zero attached hydrogens (tertiary/aromatic N) is 1. The van der Waals surface area contributed by atoms with Crippen molar-refractivity contribution >= 4 is 23.9 Å². The summed E-state index contributed by atoms with van der Waals surface area (Å²) in [6, 6.07) is 9.99. The molecule has 0 bridgehead atoms. The lowest BCUT2D eigenvalue weighted by atomic mass is 10.1. The maximum absolute atomic E-state index is 12.3. The molecule has 1 heterocycles. The smallest absolute Gasteiger partial charge is 0.363 e. The highest BCUT2D eigenvalue weighted by molar-refractivity contribution is 6.13. The van der Waals surface area contributed by atoms with Gasteiger partial charge in [-0.1, -0.05) is 12.1 Å². The zero-order valence-electron chi connectivity index (χ0n) is 16.3. The number of aliphatic imine (C=N–C) groups is 1. The maximum Gasteiger partial charge on any atom is 0.363 e. The average molecular weight is 397 g/mol. The number of hydrogen-bond donors (Lipinski definition) is 0. The molecule has 0 N–H and O–H groups in total. The van der Waals surface area contributed by atoms with E-state index in [0.29, 0.717) is 34.1 Å². The van der Waals surface area contributed by atoms with Crippen LogP contribution >= 0.6 is 0 Å². The van der Waals surface area contributed by atoms with Crippen molar-refractivity contribution in [3.8, 4) is 23.0 Å². The quantitative estimate of drug-likeness (QED) is 0.420. The Hall–Kier alpha value is -3.81. The standard InChI is InChI=1S/C21H19NO7/c1-12(23)28-15-7-5-6-13(8-15)9-16-21(24)29-20(22-16)14-10-17(25-2)19(27-4)18(11-14)26-3/h5-11H,1-4H3/b16-9-. The molecule has 0 radical (unpaired) electrons. The van der Waals surface area contributed by atoms with Crippen molar-refractivity contribution in [2.24, 2.45) is 4.99 Å². The third kappa shape index (κ3) is 4.37. The summed E-state index contributed by atoms with van der Waals surface area (Å²) in [4.78, 5) is 27.7. The predicted molar refractivity (Wildman–Crippen MR) is 104 cm³/mol. The van der Waals surface area contributed by atoms with Crippen molar-refractivity contribution in [1.29, 1.82) is 0 Å². The van der Waals surface area contributed by atoms with Gasteiger partial charge < -0.3 is 23.7 Å². The largest absolute Gasteiger partial charge is 0.493 e. The third-order valence-corrected chi connectivity index (χ3v) is 3.96. The van der Waals surface area contributed by atoms with Gasteiger partial charge in [0.25, 0.3) is 0 Å². The molecule has 0 spiro atoms. The first-order valence-electron chi connectivity index (χ1n) is 8.56. The number of hydrogen-bond acceptors (Lipinski definition) is 8. The fraction of sp³-hybridized carbons (Fsp3) is 0.190. The summed E-state index contributed by atoms with van der Waals surface area (Å²) < 4.78 is 26.3. The molecule has 2 aromatic carbocycles. The maximum atomic E-state index is 12.3. The highest BCUT2D eigenvalue weighted by Crippen LogP contribution is 2.39. The van der Waals surface area contributed by atoms with Crippen LogP contribution in [0.15, 0.2) is 47.1 Å². The van der Waals surface area contributed by atoms with E-state index in [-0.39, 0.29) is 11.6 Å². The molecular weight excluding hydrogens is 378 g/mol. The van der Waals surface area contributed by atoms with Gasteiger partial charge >= 0.3 is 11.9 Å².